The molecule has 1 heterocycles. The van der Waals surface area contributed by atoms with Crippen LogP contribution in [0.25, 0.3) is 0 Å². The van der Waals surface area contributed by atoms with Crippen molar-refractivity contribution in [3.8, 4) is 0 Å². The van der Waals surface area contributed by atoms with Gasteiger partial charge in [-0.2, -0.15) is 0 Å². The van der Waals surface area contributed by atoms with Gasteiger partial charge in [-0.15, -0.1) is 0 Å². The van der Waals surface area contributed by atoms with Crippen LogP contribution in [-0.4, -0.2) is 6.54 Å². The molecule has 0 fully saturated rings. The van der Waals surface area contributed by atoms with Gasteiger partial charge < -0.3 is 5.32 Å². The third-order valence-electron chi connectivity index (χ3n) is 1.10. The van der Waals surface area contributed by atoms with Gasteiger partial charge >= 0.3 is 0 Å². The second kappa shape index (κ2) is 2.67. The molecule has 0 amide bonds. The van der Waals surface area contributed by atoms with Crippen LogP contribution in [0, 0.1) is 6.08 Å². The minimum Gasteiger partial charge on any atom is -0.391 e. The first-order valence-electron chi connectivity index (χ1n) is 2.78. The van der Waals surface area contributed by atoms with Crippen molar-refractivity contribution in [2.24, 2.45) is 0 Å². The molecular weight excluding hydrogens is 86.1 g/mol. The maximum absolute atomic E-state index is 3.11. The lowest BCUT2D eigenvalue weighted by Gasteiger charge is -1.90. The Balaban J connectivity index is 2.20. The summed E-state index contributed by atoms with van der Waals surface area (Å²) in [6.45, 7) is 1.13. The summed E-state index contributed by atoms with van der Waals surface area (Å²) in [6, 6.07) is 0. The standard InChI is InChI=1S/C6H10N/c1-2-4-6-7-5-3-1/h6-7H,1-3,5H2. The zero-order chi connectivity index (χ0) is 4.95. The maximum Gasteiger partial charge on any atom is 0.0141 e. The van der Waals surface area contributed by atoms with E-state index in [0.29, 0.717) is 0 Å². The summed E-state index contributed by atoms with van der Waals surface area (Å²) in [5.74, 6) is 0. The zero-order valence-corrected chi connectivity index (χ0v) is 4.41. The Morgan fingerprint density at radius 2 is 2.43 bits per heavy atom. The zero-order valence-electron chi connectivity index (χ0n) is 4.41. The van der Waals surface area contributed by atoms with Gasteiger partial charge in [-0.05, 0) is 31.5 Å². The maximum atomic E-state index is 3.11. The van der Waals surface area contributed by atoms with Crippen LogP contribution in [0.2, 0.25) is 0 Å². The average molecular weight is 96.2 g/mol. The highest BCUT2D eigenvalue weighted by Crippen LogP contribution is 1.96. The summed E-state index contributed by atoms with van der Waals surface area (Å²) in [5, 5.41) is 3.11. The van der Waals surface area contributed by atoms with E-state index in [1.807, 2.05) is 6.20 Å². The van der Waals surface area contributed by atoms with Crippen molar-refractivity contribution in [2.75, 3.05) is 6.54 Å². The lowest BCUT2D eigenvalue weighted by Crippen LogP contribution is -2.03. The van der Waals surface area contributed by atoms with Crippen molar-refractivity contribution in [1.82, 2.24) is 5.32 Å². The van der Waals surface area contributed by atoms with E-state index in [-0.39, 0.29) is 0 Å². The average Bonchev–Trinajstić information content (AvgIpc) is 1.90. The monoisotopic (exact) mass is 96.1 g/mol. The smallest absolute Gasteiger partial charge is 0.0141 e. The van der Waals surface area contributed by atoms with Gasteiger partial charge in [0, 0.05) is 6.54 Å². The van der Waals surface area contributed by atoms with Gasteiger partial charge in [-0.25, -0.2) is 0 Å². The first-order chi connectivity index (χ1) is 3.50. The fraction of sp³-hybridized carbons (Fsp3) is 0.667. The molecule has 0 aromatic rings. The molecule has 0 spiro atoms. The lowest BCUT2D eigenvalue weighted by molar-refractivity contribution is 0.728. The Kier molecular flexibility index (Phi) is 1.79. The molecule has 0 unspecified atom stereocenters. The van der Waals surface area contributed by atoms with Gasteiger partial charge in [0.05, 0.1) is 0 Å². The summed E-state index contributed by atoms with van der Waals surface area (Å²) in [6.07, 6.45) is 8.76. The van der Waals surface area contributed by atoms with Gasteiger partial charge in [-0.3, -0.25) is 0 Å². The molecule has 1 N–H and O–H groups in total. The molecule has 7 heavy (non-hydrogen) atoms. The summed E-state index contributed by atoms with van der Waals surface area (Å²) in [7, 11) is 0. The molecule has 1 aliphatic rings. The molecule has 1 nitrogen and oxygen atoms in total. The molecule has 0 aromatic heterocycles. The highest BCUT2D eigenvalue weighted by atomic mass is 14.8. The van der Waals surface area contributed by atoms with Crippen molar-refractivity contribution in [2.45, 2.75) is 19.3 Å². The van der Waals surface area contributed by atoms with Crippen LogP contribution in [0.3, 0.4) is 0 Å². The van der Waals surface area contributed by atoms with Crippen molar-refractivity contribution >= 4 is 0 Å². The van der Waals surface area contributed by atoms with E-state index in [9.17, 15) is 0 Å². The number of hydrogen-bond donors (Lipinski definition) is 1. The predicted octanol–water partition coefficient (Wildman–Crippen LogP) is 1.08. The lowest BCUT2D eigenvalue weighted by atomic mass is 10.2. The van der Waals surface area contributed by atoms with E-state index in [4.69, 9.17) is 0 Å². The molecule has 1 heteroatoms. The van der Waals surface area contributed by atoms with E-state index in [0.717, 1.165) is 13.0 Å². The van der Waals surface area contributed by atoms with Crippen LogP contribution in [-0.2, 0) is 0 Å². The Hall–Kier alpha value is -0.460. The molecule has 1 aliphatic heterocycles. The third-order valence-corrected chi connectivity index (χ3v) is 1.10. The molecule has 39 valence electrons. The predicted molar refractivity (Wildman–Crippen MR) is 29.7 cm³/mol. The Morgan fingerprint density at radius 1 is 1.43 bits per heavy atom. The molecule has 0 saturated heterocycles. The first kappa shape index (κ1) is 4.69. The van der Waals surface area contributed by atoms with E-state index in [1.54, 1.807) is 0 Å². The van der Waals surface area contributed by atoms with Crippen LogP contribution in [0.1, 0.15) is 19.3 Å². The molecule has 0 aliphatic carbocycles. The van der Waals surface area contributed by atoms with E-state index in [1.165, 1.54) is 12.8 Å². The largest absolute Gasteiger partial charge is 0.391 e. The summed E-state index contributed by atoms with van der Waals surface area (Å²) in [4.78, 5) is 0. The van der Waals surface area contributed by atoms with E-state index in [2.05, 4.69) is 11.4 Å². The Labute approximate surface area is 44.4 Å². The van der Waals surface area contributed by atoms with Gasteiger partial charge in [0.25, 0.3) is 0 Å². The molecule has 0 bridgehead atoms. The third kappa shape index (κ3) is 1.62. The number of allylic oxidation sites excluding steroid dienone is 1. The normalized spacial score (nSPS) is 20.6. The van der Waals surface area contributed by atoms with Crippen molar-refractivity contribution < 1.29 is 0 Å². The van der Waals surface area contributed by atoms with E-state index < -0.39 is 0 Å². The Bertz CT molecular complexity index is 58.6. The topological polar surface area (TPSA) is 12.0 Å². The van der Waals surface area contributed by atoms with Crippen LogP contribution in [0.4, 0.5) is 0 Å². The van der Waals surface area contributed by atoms with Gasteiger partial charge in [0.2, 0.25) is 0 Å². The van der Waals surface area contributed by atoms with Crippen LogP contribution < -0.4 is 5.32 Å². The van der Waals surface area contributed by atoms with Gasteiger partial charge in [0.15, 0.2) is 0 Å². The quantitative estimate of drug-likeness (QED) is 0.475. The van der Waals surface area contributed by atoms with Gasteiger partial charge in [-0.1, -0.05) is 0 Å². The fourth-order valence-corrected chi connectivity index (χ4v) is 0.671. The highest BCUT2D eigenvalue weighted by Gasteiger charge is 1.87. The van der Waals surface area contributed by atoms with E-state index >= 15 is 0 Å². The first-order valence-corrected chi connectivity index (χ1v) is 2.78. The second-order valence-electron chi connectivity index (χ2n) is 1.76. The number of hydrogen-bond acceptors (Lipinski definition) is 1. The molecule has 0 saturated carbocycles. The SMILES string of the molecule is [C]1=CNCCCC1. The minimum atomic E-state index is 1.13. The van der Waals surface area contributed by atoms with Crippen LogP contribution >= 0.6 is 0 Å². The highest BCUT2D eigenvalue weighted by molar-refractivity contribution is 4.74. The molecule has 1 rings (SSSR count). The molecule has 0 atom stereocenters. The molecular formula is C6H10N. The molecule has 0 aromatic carbocycles. The minimum absolute atomic E-state index is 1.13. The summed E-state index contributed by atoms with van der Waals surface area (Å²) < 4.78 is 0. The van der Waals surface area contributed by atoms with Gasteiger partial charge in [0.1, 0.15) is 0 Å². The summed E-state index contributed by atoms with van der Waals surface area (Å²) in [5.41, 5.74) is 0. The fourth-order valence-electron chi connectivity index (χ4n) is 0.671. The molecule has 1 radical (unpaired) electrons. The van der Waals surface area contributed by atoms with Crippen LogP contribution in [0.15, 0.2) is 6.20 Å². The Morgan fingerprint density at radius 3 is 3.43 bits per heavy atom. The van der Waals surface area contributed by atoms with Crippen LogP contribution in [0.5, 0.6) is 0 Å². The van der Waals surface area contributed by atoms with Crippen molar-refractivity contribution in [3.63, 3.8) is 0 Å². The second-order valence-corrected chi connectivity index (χ2v) is 1.76. The number of rotatable bonds is 0. The van der Waals surface area contributed by atoms with Crippen molar-refractivity contribution in [3.05, 3.63) is 12.3 Å². The summed E-state index contributed by atoms with van der Waals surface area (Å²) >= 11 is 0. The number of nitrogens with one attached hydrogen (secondary N) is 1. The van der Waals surface area contributed by atoms with Crippen molar-refractivity contribution in [1.29, 1.82) is 0 Å².